The van der Waals surface area contributed by atoms with E-state index in [0.29, 0.717) is 12.1 Å². The van der Waals surface area contributed by atoms with Crippen molar-refractivity contribution in [2.75, 3.05) is 6.61 Å². The number of hydrogen-bond acceptors (Lipinski definition) is 2. The van der Waals surface area contributed by atoms with Crippen LogP contribution in [0.4, 0.5) is 0 Å². The minimum atomic E-state index is -1.78. The van der Waals surface area contributed by atoms with Crippen LogP contribution in [0.5, 0.6) is 0 Å². The van der Waals surface area contributed by atoms with Gasteiger partial charge in [0.2, 0.25) is 0 Å². The van der Waals surface area contributed by atoms with Crippen LogP contribution in [0.15, 0.2) is 60.7 Å². The standard InChI is InChI=1S/C20H26O2SeSi/c1-5-22-20(21)19(23-17-12-8-6-9-13-17)16(2)24(3,4)18-14-10-7-11-15-18/h6-16,19H,5H2,1-4H3/t16-,19-/m0/s1. The molecule has 0 heterocycles. The van der Waals surface area contributed by atoms with Crippen LogP contribution in [0.1, 0.15) is 13.8 Å². The molecular weight excluding hydrogens is 379 g/mol. The van der Waals surface area contributed by atoms with E-state index in [0.717, 1.165) is 0 Å². The normalized spacial score (nSPS) is 14.0. The van der Waals surface area contributed by atoms with Crippen molar-refractivity contribution >= 4 is 38.6 Å². The van der Waals surface area contributed by atoms with E-state index in [1.54, 1.807) is 0 Å². The zero-order chi connectivity index (χ0) is 17.6. The van der Waals surface area contributed by atoms with Crippen LogP contribution >= 0.6 is 0 Å². The SMILES string of the molecule is CCOC(=O)[C@@H]([Se]c1ccccc1)[C@H](C)[Si](C)(C)c1ccccc1. The van der Waals surface area contributed by atoms with Gasteiger partial charge in [-0.3, -0.25) is 0 Å². The first-order valence-corrected chi connectivity index (χ1v) is 13.3. The fourth-order valence-corrected chi connectivity index (χ4v) is 9.75. The Balaban J connectivity index is 2.29. The summed E-state index contributed by atoms with van der Waals surface area (Å²) in [5.74, 6) is -0.0367. The minimum absolute atomic E-state index is 0.0367. The van der Waals surface area contributed by atoms with Crippen LogP contribution in [-0.4, -0.2) is 35.6 Å². The van der Waals surface area contributed by atoms with E-state index in [4.69, 9.17) is 4.74 Å². The number of ether oxygens (including phenoxy) is 1. The Morgan fingerprint density at radius 1 is 1.04 bits per heavy atom. The van der Waals surface area contributed by atoms with Gasteiger partial charge >= 0.3 is 153 Å². The summed E-state index contributed by atoms with van der Waals surface area (Å²) in [5, 5.41) is 1.40. The quantitative estimate of drug-likeness (QED) is 0.522. The molecule has 0 spiro atoms. The molecule has 4 heteroatoms. The molecule has 0 aliphatic heterocycles. The van der Waals surface area contributed by atoms with Crippen LogP contribution in [0.25, 0.3) is 0 Å². The Labute approximate surface area is 152 Å². The number of hydrogen-bond donors (Lipinski definition) is 0. The predicted octanol–water partition coefficient (Wildman–Crippen LogP) is 3.37. The Kier molecular flexibility index (Phi) is 6.85. The number of esters is 1. The number of benzene rings is 2. The molecule has 2 rings (SSSR count). The fraction of sp³-hybridized carbons (Fsp3) is 0.350. The van der Waals surface area contributed by atoms with Gasteiger partial charge < -0.3 is 0 Å². The molecule has 128 valence electrons. The molecule has 2 atom stereocenters. The first-order chi connectivity index (χ1) is 11.5. The molecule has 24 heavy (non-hydrogen) atoms. The summed E-state index contributed by atoms with van der Waals surface area (Å²) < 4.78 is 6.68. The summed E-state index contributed by atoms with van der Waals surface area (Å²) in [5.41, 5.74) is 0.319. The first kappa shape index (κ1) is 19.0. The molecule has 0 aliphatic rings. The van der Waals surface area contributed by atoms with Crippen molar-refractivity contribution < 1.29 is 9.53 Å². The number of carbonyl (C=O) groups is 1. The van der Waals surface area contributed by atoms with E-state index in [2.05, 4.69) is 62.5 Å². The average Bonchev–Trinajstić information content (AvgIpc) is 2.61. The molecule has 0 aromatic heterocycles. The maximum atomic E-state index is 12.7. The van der Waals surface area contributed by atoms with E-state index in [1.165, 1.54) is 9.65 Å². The monoisotopic (exact) mass is 406 g/mol. The Hall–Kier alpha value is -1.35. The zero-order valence-electron chi connectivity index (χ0n) is 14.9. The van der Waals surface area contributed by atoms with Gasteiger partial charge in [-0.1, -0.05) is 0 Å². The molecule has 0 fully saturated rings. The molecular formula is C20H26O2SeSi. The van der Waals surface area contributed by atoms with E-state index < -0.39 is 8.07 Å². The second-order valence-electron chi connectivity index (χ2n) is 6.48. The van der Waals surface area contributed by atoms with Gasteiger partial charge in [0.15, 0.2) is 0 Å². The van der Waals surface area contributed by atoms with Gasteiger partial charge in [0.05, 0.1) is 0 Å². The van der Waals surface area contributed by atoms with Gasteiger partial charge in [-0.25, -0.2) is 0 Å². The van der Waals surface area contributed by atoms with Crippen LogP contribution in [-0.2, 0) is 9.53 Å². The van der Waals surface area contributed by atoms with Crippen molar-refractivity contribution in [3.05, 3.63) is 60.7 Å². The zero-order valence-corrected chi connectivity index (χ0v) is 17.6. The van der Waals surface area contributed by atoms with Crippen molar-refractivity contribution in [3.8, 4) is 0 Å². The van der Waals surface area contributed by atoms with E-state index in [9.17, 15) is 4.79 Å². The van der Waals surface area contributed by atoms with Crippen LogP contribution in [0.2, 0.25) is 23.5 Å². The molecule has 0 unspecified atom stereocenters. The molecule has 0 saturated heterocycles. The summed E-state index contributed by atoms with van der Waals surface area (Å²) in [6.45, 7) is 9.29. The van der Waals surface area contributed by atoms with Crippen molar-refractivity contribution in [2.24, 2.45) is 0 Å². The third kappa shape index (κ3) is 4.59. The number of carbonyl (C=O) groups excluding carboxylic acids is 1. The third-order valence-electron chi connectivity index (χ3n) is 4.64. The molecule has 0 amide bonds. The molecule has 2 aromatic rings. The fourth-order valence-electron chi connectivity index (χ4n) is 2.73. The molecule has 0 aliphatic carbocycles. The van der Waals surface area contributed by atoms with Gasteiger partial charge in [0.25, 0.3) is 0 Å². The van der Waals surface area contributed by atoms with E-state index in [-0.39, 0.29) is 25.7 Å². The first-order valence-electron chi connectivity index (χ1n) is 8.40. The Morgan fingerprint density at radius 3 is 2.12 bits per heavy atom. The van der Waals surface area contributed by atoms with Gasteiger partial charge in [-0.05, 0) is 0 Å². The van der Waals surface area contributed by atoms with Gasteiger partial charge in [-0.2, -0.15) is 0 Å². The molecule has 0 bridgehead atoms. The van der Waals surface area contributed by atoms with E-state index in [1.807, 2.05) is 25.1 Å². The summed E-state index contributed by atoms with van der Waals surface area (Å²) in [6.07, 6.45) is 0. The molecule has 0 radical (unpaired) electrons. The summed E-state index contributed by atoms with van der Waals surface area (Å²) in [4.78, 5) is 12.6. The molecule has 0 saturated carbocycles. The van der Waals surface area contributed by atoms with Crippen LogP contribution in [0.3, 0.4) is 0 Å². The summed E-state index contributed by atoms with van der Waals surface area (Å²) in [6, 6.07) is 21.0. The van der Waals surface area contributed by atoms with Crippen LogP contribution in [0, 0.1) is 0 Å². The number of rotatable bonds is 7. The second-order valence-corrected chi connectivity index (χ2v) is 14.0. The van der Waals surface area contributed by atoms with Crippen LogP contribution < -0.4 is 9.65 Å². The summed E-state index contributed by atoms with van der Waals surface area (Å²) in [7, 11) is -1.78. The van der Waals surface area contributed by atoms with Gasteiger partial charge in [0.1, 0.15) is 0 Å². The summed E-state index contributed by atoms with van der Waals surface area (Å²) >= 11 is 0.0754. The molecule has 0 N–H and O–H groups in total. The van der Waals surface area contributed by atoms with Crippen molar-refractivity contribution in [2.45, 2.75) is 37.3 Å². The van der Waals surface area contributed by atoms with E-state index >= 15 is 0 Å². The second kappa shape index (κ2) is 8.66. The topological polar surface area (TPSA) is 26.3 Å². The third-order valence-corrected chi connectivity index (χ3v) is 12.5. The Morgan fingerprint density at radius 2 is 1.58 bits per heavy atom. The van der Waals surface area contributed by atoms with Crippen molar-refractivity contribution in [1.82, 2.24) is 0 Å². The predicted molar refractivity (Wildman–Crippen MR) is 105 cm³/mol. The Bertz CT molecular complexity index is 643. The van der Waals surface area contributed by atoms with Gasteiger partial charge in [-0.15, -0.1) is 0 Å². The molecule has 2 aromatic carbocycles. The molecule has 2 nitrogen and oxygen atoms in total. The van der Waals surface area contributed by atoms with Crippen molar-refractivity contribution in [3.63, 3.8) is 0 Å². The average molecular weight is 405 g/mol. The van der Waals surface area contributed by atoms with Crippen molar-refractivity contribution in [1.29, 1.82) is 0 Å². The van der Waals surface area contributed by atoms with Gasteiger partial charge in [0, 0.05) is 0 Å². The maximum absolute atomic E-state index is 12.7.